The molecule has 4 aromatic heterocycles. The van der Waals surface area contributed by atoms with Crippen LogP contribution in [0.15, 0.2) is 91.0 Å². The molecule has 108 heavy (non-hydrogen) atoms. The molecule has 3 fully saturated rings. The van der Waals surface area contributed by atoms with E-state index in [1.54, 1.807) is 0 Å². The minimum absolute atomic E-state index is 0.0660. The lowest BCUT2D eigenvalue weighted by atomic mass is 10.0. The molecule has 3 aliphatic heterocycles. The van der Waals surface area contributed by atoms with Gasteiger partial charge in [-0.25, -0.2) is 0 Å². The average molecular weight is 1590 g/mol. The molecule has 0 aliphatic carbocycles. The number of halogens is 27. The van der Waals surface area contributed by atoms with Crippen molar-refractivity contribution in [3.63, 3.8) is 0 Å². The molecule has 588 valence electrons. The minimum atomic E-state index is -7.29. The molecule has 0 atom stereocenters. The van der Waals surface area contributed by atoms with Gasteiger partial charge in [-0.1, -0.05) is 54.6 Å². The summed E-state index contributed by atoms with van der Waals surface area (Å²) in [4.78, 5) is 56.5. The van der Waals surface area contributed by atoms with Crippen molar-refractivity contribution in [3.8, 4) is 53.3 Å². The second-order valence-electron chi connectivity index (χ2n) is 22.9. The van der Waals surface area contributed by atoms with Gasteiger partial charge < -0.3 is 57.8 Å². The van der Waals surface area contributed by atoms with E-state index in [1.165, 1.54) is 120 Å². The lowest BCUT2D eigenvalue weighted by molar-refractivity contribution is -0.398. The number of hydrogen-bond acceptors (Lipinski definition) is 24. The predicted octanol–water partition coefficient (Wildman–Crippen LogP) is 12.3. The fourth-order valence-electron chi connectivity index (χ4n) is 9.57. The Morgan fingerprint density at radius 2 is 0.398 bits per heavy atom. The first-order valence-corrected chi connectivity index (χ1v) is 30.4. The van der Waals surface area contributed by atoms with E-state index in [1.807, 2.05) is 0 Å². The molecule has 3 saturated heterocycles. The summed E-state index contributed by atoms with van der Waals surface area (Å²) in [5.41, 5.74) is 0. The Morgan fingerprint density at radius 3 is 0.583 bits per heavy atom. The quantitative estimate of drug-likeness (QED) is 0.0436. The van der Waals surface area contributed by atoms with Gasteiger partial charge in [0.25, 0.3) is 0 Å². The van der Waals surface area contributed by atoms with Crippen LogP contribution in [0.5, 0.6) is 53.3 Å². The molecule has 0 spiro atoms. The topological polar surface area (TPSA) is 230 Å². The summed E-state index contributed by atoms with van der Waals surface area (Å²) in [6.45, 7) is -11.5. The van der Waals surface area contributed by atoms with Crippen LogP contribution in [0.25, 0.3) is 0 Å². The number of nitrogens with zero attached hydrogens (tertiary/aromatic N) is 18. The molecule has 0 bridgehead atoms. The third kappa shape index (κ3) is 16.6. The number of anilines is 6. The van der Waals surface area contributed by atoms with E-state index < -0.39 is 146 Å². The maximum absolute atomic E-state index is 14.7. The molecule has 3 aliphatic rings. The Hall–Kier alpha value is -10.6. The van der Waals surface area contributed by atoms with Crippen molar-refractivity contribution in [3.05, 3.63) is 91.0 Å². The third-order valence-electron chi connectivity index (χ3n) is 15.5. The molecule has 51 heteroatoms. The zero-order valence-electron chi connectivity index (χ0n) is 53.5. The Labute approximate surface area is 585 Å². The fourth-order valence-corrected chi connectivity index (χ4v) is 9.57. The van der Waals surface area contributed by atoms with E-state index in [-0.39, 0.29) is 114 Å². The maximum atomic E-state index is 14.7. The first-order chi connectivity index (χ1) is 50.1. The van der Waals surface area contributed by atoms with Gasteiger partial charge in [0.15, 0.2) is 19.8 Å². The van der Waals surface area contributed by atoms with Crippen LogP contribution in [0, 0.1) is 0 Å². The van der Waals surface area contributed by atoms with Gasteiger partial charge in [-0.05, 0) is 36.4 Å². The van der Waals surface area contributed by atoms with Crippen LogP contribution in [-0.4, -0.2) is 230 Å². The van der Waals surface area contributed by atoms with Crippen molar-refractivity contribution in [2.24, 2.45) is 0 Å². The van der Waals surface area contributed by atoms with Gasteiger partial charge in [-0.3, -0.25) is 0 Å². The second kappa shape index (κ2) is 29.5. The van der Waals surface area contributed by atoms with Gasteiger partial charge in [0.05, 0.1) is 0 Å². The zero-order chi connectivity index (χ0) is 79.1. The van der Waals surface area contributed by atoms with Crippen LogP contribution in [0.3, 0.4) is 0 Å². The van der Waals surface area contributed by atoms with E-state index in [4.69, 9.17) is 14.2 Å². The molecular formula is C57H45F27N18O6. The van der Waals surface area contributed by atoms with Gasteiger partial charge in [-0.15, -0.1) is 15.0 Å². The Balaban J connectivity index is 0.933. The molecular weight excluding hydrogens is 1550 g/mol. The molecule has 3 aromatic carbocycles. The van der Waals surface area contributed by atoms with Crippen LogP contribution in [-0.2, 0) is 0 Å². The normalized spacial score (nSPS) is 16.0. The molecule has 7 aromatic rings. The van der Waals surface area contributed by atoms with E-state index in [2.05, 4.69) is 74.0 Å². The van der Waals surface area contributed by atoms with E-state index in [0.717, 1.165) is 0 Å². The van der Waals surface area contributed by atoms with Gasteiger partial charge in [0.1, 0.15) is 17.2 Å². The highest BCUT2D eigenvalue weighted by atomic mass is 19.4. The van der Waals surface area contributed by atoms with Gasteiger partial charge >= 0.3 is 108 Å². The van der Waals surface area contributed by atoms with Gasteiger partial charge in [-0.2, -0.15) is 163 Å². The first kappa shape index (κ1) is 80.0. The molecule has 10 rings (SSSR count). The van der Waals surface area contributed by atoms with Crippen LogP contribution in [0.2, 0.25) is 0 Å². The monoisotopic (exact) mass is 1590 g/mol. The number of para-hydroxylation sites is 3. The van der Waals surface area contributed by atoms with Crippen molar-refractivity contribution in [1.29, 1.82) is 0 Å². The summed E-state index contributed by atoms with van der Waals surface area (Å²) >= 11 is 0. The number of hydrogen-bond donors (Lipinski definition) is 0. The largest absolute Gasteiger partial charge is 0.460 e. The van der Waals surface area contributed by atoms with Crippen molar-refractivity contribution in [2.45, 2.75) is 71.8 Å². The predicted molar refractivity (Wildman–Crippen MR) is 311 cm³/mol. The van der Waals surface area contributed by atoms with Crippen LogP contribution in [0.1, 0.15) is 0 Å². The molecule has 0 amide bonds. The first-order valence-electron chi connectivity index (χ1n) is 30.4. The molecule has 0 radical (unpaired) electrons. The summed E-state index contributed by atoms with van der Waals surface area (Å²) in [6.07, 6.45) is -21.5. The summed E-state index contributed by atoms with van der Waals surface area (Å²) in [5, 5.41) is 0. The molecule has 0 N–H and O–H groups in total. The van der Waals surface area contributed by atoms with Crippen LogP contribution in [0.4, 0.5) is 154 Å². The highest BCUT2D eigenvalue weighted by Crippen LogP contribution is 2.56. The Bertz CT molecular complexity index is 3790. The summed E-state index contributed by atoms with van der Waals surface area (Å²) in [5.74, 6) is -64.4. The zero-order valence-corrected chi connectivity index (χ0v) is 53.5. The lowest BCUT2D eigenvalue weighted by Gasteiger charge is -2.38. The highest BCUT2D eigenvalue weighted by molar-refractivity contribution is 5.51. The number of alkyl halides is 27. The standard InChI is InChI=1S/C57H45F27N18O6/c58-46(59,49(64,65)52(70,71)55(76,77)78)28-103-40-88-37(91-43(94-40)106-31-10-4-1-5-11-31)100-22-16-97(17-23-100)34-85-35(98-18-24-101(25-19-98)38-89-41(95-44(92-38)107-32-12-6-2-7-13-32)104-29-47(60,61)50(66,67)53(72,73)56(79,80)81)87-36(86-34)99-20-26-102(27-21-99)39-90-42(96-45(93-39)108-33-14-8-3-9-15-33)105-30-48(62,63)51(68,69)54(74,75)57(82,83)84/h1-15H,16-30H2. The van der Waals surface area contributed by atoms with Crippen molar-refractivity contribution in [2.75, 3.05) is 128 Å². The smallest absolute Gasteiger partial charge is 0.457 e. The fraction of sp³-hybridized carbons (Fsp3) is 0.474. The Kier molecular flexibility index (Phi) is 21.9. The van der Waals surface area contributed by atoms with Crippen molar-refractivity contribution < 1.29 is 147 Å². The van der Waals surface area contributed by atoms with Crippen LogP contribution >= 0.6 is 0 Å². The number of piperazine rings is 3. The number of rotatable bonds is 27. The molecule has 7 heterocycles. The number of benzene rings is 3. The molecule has 0 unspecified atom stereocenters. The summed E-state index contributed by atoms with van der Waals surface area (Å²) in [6, 6.07) is 14.4. The van der Waals surface area contributed by atoms with Crippen LogP contribution < -0.4 is 57.8 Å². The van der Waals surface area contributed by atoms with Gasteiger partial charge in [0, 0.05) is 78.5 Å². The molecule has 24 nitrogen and oxygen atoms in total. The minimum Gasteiger partial charge on any atom is -0.457 e. The van der Waals surface area contributed by atoms with E-state index in [9.17, 15) is 119 Å². The van der Waals surface area contributed by atoms with E-state index in [0.29, 0.717) is 0 Å². The number of ether oxygens (including phenoxy) is 6. The summed E-state index contributed by atoms with van der Waals surface area (Å²) < 4.78 is 404. The highest BCUT2D eigenvalue weighted by Gasteiger charge is 2.84. The summed E-state index contributed by atoms with van der Waals surface area (Å²) in [7, 11) is 0. The third-order valence-corrected chi connectivity index (χ3v) is 15.5. The van der Waals surface area contributed by atoms with E-state index >= 15 is 0 Å². The average Bonchev–Trinajstić information content (AvgIpc) is 0.753. The lowest BCUT2D eigenvalue weighted by Crippen LogP contribution is -2.62. The molecule has 0 saturated carbocycles. The van der Waals surface area contributed by atoms with Gasteiger partial charge in [0.2, 0.25) is 35.7 Å². The Morgan fingerprint density at radius 1 is 0.222 bits per heavy atom. The number of aromatic nitrogens is 12. The van der Waals surface area contributed by atoms with Crippen molar-refractivity contribution >= 4 is 35.7 Å². The van der Waals surface area contributed by atoms with Crippen molar-refractivity contribution in [1.82, 2.24) is 59.8 Å². The SMILES string of the molecule is FC(F)(F)C(F)(F)C(F)(F)C(F)(F)COc1nc(Oc2ccccc2)nc(N2CCN(c3nc(N4CCN(c5nc(OCC(F)(F)C(F)(F)C(F)(F)C(F)(F)F)nc(Oc6ccccc6)n5)CC4)nc(N4CCN(c5nc(OCC(F)(F)C(F)(F)C(F)(F)C(F)(F)F)nc(Oc6ccccc6)n5)CC4)n3)CC2)n1. The second-order valence-corrected chi connectivity index (χ2v) is 22.9. The maximum Gasteiger partial charge on any atom is 0.460 e.